The van der Waals surface area contributed by atoms with Gasteiger partial charge >= 0.3 is 0 Å². The van der Waals surface area contributed by atoms with Crippen LogP contribution in [0.5, 0.6) is 5.88 Å². The summed E-state index contributed by atoms with van der Waals surface area (Å²) in [4.78, 5) is 33.9. The van der Waals surface area contributed by atoms with Crippen LogP contribution in [0.1, 0.15) is 24.5 Å². The molecule has 36 heavy (non-hydrogen) atoms. The summed E-state index contributed by atoms with van der Waals surface area (Å²) in [6.45, 7) is 2.58. The highest BCUT2D eigenvalue weighted by Gasteiger charge is 2.38. The third-order valence-electron chi connectivity index (χ3n) is 6.55. The van der Waals surface area contributed by atoms with E-state index in [4.69, 9.17) is 20.2 Å². The summed E-state index contributed by atoms with van der Waals surface area (Å²) in [7, 11) is 1.72. The number of hydrogen-bond acceptors (Lipinski definition) is 10. The second-order valence-electron chi connectivity index (χ2n) is 8.95. The number of ether oxygens (including phenoxy) is 2. The Balaban J connectivity index is 1.27. The molecule has 1 aliphatic heterocycles. The molecule has 3 aromatic rings. The number of anilines is 2. The van der Waals surface area contributed by atoms with Crippen molar-refractivity contribution < 1.29 is 19.4 Å². The minimum atomic E-state index is -1.18. The van der Waals surface area contributed by atoms with E-state index in [1.807, 2.05) is 6.07 Å². The first-order valence-electron chi connectivity index (χ1n) is 11.9. The lowest BCUT2D eigenvalue weighted by molar-refractivity contribution is -0.144. The Morgan fingerprint density at radius 1 is 1.17 bits per heavy atom. The van der Waals surface area contributed by atoms with Crippen LogP contribution < -0.4 is 15.4 Å². The van der Waals surface area contributed by atoms with Crippen molar-refractivity contribution in [2.45, 2.75) is 31.1 Å². The summed E-state index contributed by atoms with van der Waals surface area (Å²) in [5.41, 5.74) is 7.56. The summed E-state index contributed by atoms with van der Waals surface area (Å²) in [5.74, 6) is 0.859. The molecule has 1 atom stereocenters. The van der Waals surface area contributed by atoms with Gasteiger partial charge in [0.2, 0.25) is 17.8 Å². The van der Waals surface area contributed by atoms with Crippen molar-refractivity contribution in [2.24, 2.45) is 0 Å². The molecule has 188 valence electrons. The molecule has 0 radical (unpaired) electrons. The van der Waals surface area contributed by atoms with Gasteiger partial charge in [0.25, 0.3) is 5.91 Å². The number of nitrogens with two attached hydrogens (primary N) is 1. The highest BCUT2D eigenvalue weighted by Crippen LogP contribution is 2.32. The molecule has 1 aromatic carbocycles. The van der Waals surface area contributed by atoms with Crippen LogP contribution in [0.3, 0.4) is 0 Å². The van der Waals surface area contributed by atoms with E-state index in [1.54, 1.807) is 54.7 Å². The molecular weight excluding hydrogens is 462 g/mol. The minimum absolute atomic E-state index is 0.0219. The number of aliphatic hydroxyl groups is 1. The molecule has 1 saturated heterocycles. The predicted octanol–water partition coefficient (Wildman–Crippen LogP) is 1.45. The Morgan fingerprint density at radius 3 is 2.56 bits per heavy atom. The standard InChI is InChI=1S/C25H29N7O4/c1-31(23(34)22(33)16-5-3-2-4-6-16)18-11-19(12-18)36-21-13-20(17-14-27-24(26)28-15-17)29-25(30-21)32-7-9-35-10-8-32/h2-6,13-15,18-19,22,33H,7-12H2,1H3,(H2,26,27,28)/t18-,19-,22-/m0/s1. The van der Waals surface area contributed by atoms with Crippen molar-refractivity contribution in [1.82, 2.24) is 24.8 Å². The van der Waals surface area contributed by atoms with Gasteiger partial charge in [-0.1, -0.05) is 30.3 Å². The number of aromatic nitrogens is 4. The van der Waals surface area contributed by atoms with E-state index >= 15 is 0 Å². The number of nitrogens with zero attached hydrogens (tertiary/aromatic N) is 6. The van der Waals surface area contributed by atoms with Crippen LogP contribution in [-0.4, -0.2) is 81.3 Å². The van der Waals surface area contributed by atoms with Gasteiger partial charge < -0.3 is 30.1 Å². The molecule has 2 aliphatic rings. The van der Waals surface area contributed by atoms with E-state index in [0.29, 0.717) is 67.8 Å². The largest absolute Gasteiger partial charge is 0.474 e. The van der Waals surface area contributed by atoms with Crippen molar-refractivity contribution >= 4 is 17.8 Å². The van der Waals surface area contributed by atoms with Crippen molar-refractivity contribution in [2.75, 3.05) is 44.0 Å². The zero-order chi connectivity index (χ0) is 25.1. The van der Waals surface area contributed by atoms with Gasteiger partial charge in [-0.2, -0.15) is 4.98 Å². The molecule has 2 aromatic heterocycles. The third kappa shape index (κ3) is 5.21. The van der Waals surface area contributed by atoms with E-state index in [2.05, 4.69) is 19.9 Å². The number of morpholine rings is 1. The van der Waals surface area contributed by atoms with E-state index in [1.165, 1.54) is 0 Å². The van der Waals surface area contributed by atoms with E-state index in [0.717, 1.165) is 0 Å². The average Bonchev–Trinajstić information content (AvgIpc) is 2.90. The molecule has 1 amide bonds. The van der Waals surface area contributed by atoms with Crippen molar-refractivity contribution in [3.05, 3.63) is 54.4 Å². The van der Waals surface area contributed by atoms with Crippen LogP contribution in [0.4, 0.5) is 11.9 Å². The molecule has 0 unspecified atom stereocenters. The van der Waals surface area contributed by atoms with Gasteiger partial charge in [0.05, 0.1) is 18.9 Å². The lowest BCUT2D eigenvalue weighted by Crippen LogP contribution is -2.51. The highest BCUT2D eigenvalue weighted by atomic mass is 16.5. The Bertz CT molecular complexity index is 1180. The fourth-order valence-corrected chi connectivity index (χ4v) is 4.27. The molecule has 1 aliphatic carbocycles. The normalized spacial score (nSPS) is 20.3. The Morgan fingerprint density at radius 2 is 1.86 bits per heavy atom. The third-order valence-corrected chi connectivity index (χ3v) is 6.55. The van der Waals surface area contributed by atoms with E-state index in [-0.39, 0.29) is 24.0 Å². The van der Waals surface area contributed by atoms with Crippen LogP contribution in [-0.2, 0) is 9.53 Å². The molecule has 2 fully saturated rings. The highest BCUT2D eigenvalue weighted by molar-refractivity contribution is 5.82. The van der Waals surface area contributed by atoms with Crippen molar-refractivity contribution in [3.8, 4) is 17.1 Å². The van der Waals surface area contributed by atoms with Crippen LogP contribution in [0.2, 0.25) is 0 Å². The molecule has 1 saturated carbocycles. The smallest absolute Gasteiger partial charge is 0.256 e. The maximum Gasteiger partial charge on any atom is 0.256 e. The first kappa shape index (κ1) is 23.9. The number of carbonyl (C=O) groups is 1. The number of likely N-dealkylation sites (N-methyl/N-ethyl adjacent to an activating group) is 1. The maximum absolute atomic E-state index is 12.8. The van der Waals surface area contributed by atoms with Crippen LogP contribution in [0.25, 0.3) is 11.3 Å². The number of aliphatic hydroxyl groups excluding tert-OH is 1. The number of amides is 1. The van der Waals surface area contributed by atoms with Gasteiger partial charge in [-0.3, -0.25) is 4.79 Å². The zero-order valence-electron chi connectivity index (χ0n) is 20.0. The van der Waals surface area contributed by atoms with Gasteiger partial charge in [-0.15, -0.1) is 0 Å². The molecule has 11 nitrogen and oxygen atoms in total. The number of hydrogen-bond donors (Lipinski definition) is 2. The van der Waals surface area contributed by atoms with E-state index < -0.39 is 6.10 Å². The second-order valence-corrected chi connectivity index (χ2v) is 8.95. The summed E-state index contributed by atoms with van der Waals surface area (Å²) in [6, 6.07) is 10.7. The van der Waals surface area contributed by atoms with Crippen molar-refractivity contribution in [3.63, 3.8) is 0 Å². The Hall–Kier alpha value is -3.83. The van der Waals surface area contributed by atoms with Crippen molar-refractivity contribution in [1.29, 1.82) is 0 Å². The number of benzene rings is 1. The van der Waals surface area contributed by atoms with Gasteiger partial charge in [0, 0.05) is 63.0 Å². The molecule has 3 heterocycles. The summed E-state index contributed by atoms with van der Waals surface area (Å²) < 4.78 is 11.7. The fraction of sp³-hybridized carbons (Fsp3) is 0.400. The fourth-order valence-electron chi connectivity index (χ4n) is 4.27. The topological polar surface area (TPSA) is 140 Å². The molecule has 0 bridgehead atoms. The number of carbonyl (C=O) groups excluding carboxylic acids is 1. The predicted molar refractivity (Wildman–Crippen MR) is 132 cm³/mol. The summed E-state index contributed by atoms with van der Waals surface area (Å²) in [5, 5.41) is 10.5. The number of rotatable bonds is 7. The molecule has 0 spiro atoms. The van der Waals surface area contributed by atoms with Crippen LogP contribution in [0, 0.1) is 0 Å². The van der Waals surface area contributed by atoms with Crippen LogP contribution in [0.15, 0.2) is 48.8 Å². The Kier molecular flexibility index (Phi) is 6.92. The zero-order valence-corrected chi connectivity index (χ0v) is 20.0. The quantitative estimate of drug-likeness (QED) is 0.499. The lowest BCUT2D eigenvalue weighted by Gasteiger charge is -2.41. The molecular formula is C25H29N7O4. The van der Waals surface area contributed by atoms with Gasteiger partial charge in [-0.25, -0.2) is 15.0 Å². The first-order valence-corrected chi connectivity index (χ1v) is 11.9. The Labute approximate surface area is 208 Å². The molecule has 5 rings (SSSR count). The average molecular weight is 492 g/mol. The number of nitrogen functional groups attached to an aromatic ring is 1. The van der Waals surface area contributed by atoms with Gasteiger partial charge in [0.15, 0.2) is 6.10 Å². The SMILES string of the molecule is CN(C(=O)[C@@H](O)c1ccccc1)[C@H]1C[C@H](Oc2cc(-c3cnc(N)nc3)nc(N3CCOCC3)n2)C1. The lowest BCUT2D eigenvalue weighted by atomic mass is 9.87. The first-order chi connectivity index (χ1) is 17.5. The van der Waals surface area contributed by atoms with Crippen LogP contribution >= 0.6 is 0 Å². The molecule has 11 heteroatoms. The summed E-state index contributed by atoms with van der Waals surface area (Å²) in [6.07, 6.45) is 3.23. The summed E-state index contributed by atoms with van der Waals surface area (Å²) >= 11 is 0. The second kappa shape index (κ2) is 10.4. The molecule has 3 N–H and O–H groups in total. The minimum Gasteiger partial charge on any atom is -0.474 e. The maximum atomic E-state index is 12.8. The van der Waals surface area contributed by atoms with E-state index in [9.17, 15) is 9.90 Å². The monoisotopic (exact) mass is 491 g/mol. The van der Waals surface area contributed by atoms with Gasteiger partial charge in [0.1, 0.15) is 6.10 Å². The van der Waals surface area contributed by atoms with Gasteiger partial charge in [-0.05, 0) is 5.56 Å².